The summed E-state index contributed by atoms with van der Waals surface area (Å²) < 4.78 is 5.60. The summed E-state index contributed by atoms with van der Waals surface area (Å²) in [4.78, 5) is 11.5. The summed E-state index contributed by atoms with van der Waals surface area (Å²) >= 11 is 3.50. The van der Waals surface area contributed by atoms with E-state index in [-0.39, 0.29) is 18.5 Å². The van der Waals surface area contributed by atoms with E-state index in [0.717, 1.165) is 28.4 Å². The highest BCUT2D eigenvalue weighted by molar-refractivity contribution is 9.10. The Hall–Kier alpha value is -1.65. The molecule has 2 aromatic rings. The molecule has 0 aliphatic carbocycles. The van der Waals surface area contributed by atoms with E-state index < -0.39 is 0 Å². The molecule has 0 unspecified atom stereocenters. The van der Waals surface area contributed by atoms with Crippen molar-refractivity contribution in [2.24, 2.45) is 0 Å². The molecule has 3 nitrogen and oxygen atoms in total. The van der Waals surface area contributed by atoms with Crippen LogP contribution in [0.25, 0.3) is 0 Å². The number of carbonyl (C=O) groups is 1. The van der Waals surface area contributed by atoms with Crippen molar-refractivity contribution in [1.29, 1.82) is 0 Å². The molecular weight excluding hydrogens is 344 g/mol. The van der Waals surface area contributed by atoms with Crippen molar-refractivity contribution < 1.29 is 14.6 Å². The first-order chi connectivity index (χ1) is 10.7. The lowest BCUT2D eigenvalue weighted by molar-refractivity contribution is 0.0600. The Morgan fingerprint density at radius 3 is 2.55 bits per heavy atom. The predicted molar refractivity (Wildman–Crippen MR) is 90.1 cm³/mol. The van der Waals surface area contributed by atoms with Crippen LogP contribution in [0, 0.1) is 0 Å². The monoisotopic (exact) mass is 362 g/mol. The topological polar surface area (TPSA) is 46.5 Å². The average molecular weight is 363 g/mol. The van der Waals surface area contributed by atoms with Crippen LogP contribution in [0.4, 0.5) is 0 Å². The van der Waals surface area contributed by atoms with Gasteiger partial charge in [0.1, 0.15) is 0 Å². The molecule has 2 aromatic carbocycles. The molecule has 0 saturated carbocycles. The highest BCUT2D eigenvalue weighted by atomic mass is 79.9. The van der Waals surface area contributed by atoms with Gasteiger partial charge in [0.15, 0.2) is 0 Å². The van der Waals surface area contributed by atoms with Gasteiger partial charge in [0.2, 0.25) is 0 Å². The van der Waals surface area contributed by atoms with E-state index in [4.69, 9.17) is 4.74 Å². The quantitative estimate of drug-likeness (QED) is 0.791. The third-order valence-electron chi connectivity index (χ3n) is 3.73. The van der Waals surface area contributed by atoms with E-state index in [1.54, 1.807) is 12.1 Å². The van der Waals surface area contributed by atoms with Gasteiger partial charge in [-0.05, 0) is 36.1 Å². The SMILES string of the molecule is COC(=O)c1ccc(CC[C@H](CO)c2ccccc2)c(Br)c1. The van der Waals surface area contributed by atoms with Gasteiger partial charge in [0, 0.05) is 17.0 Å². The number of aliphatic hydroxyl groups excluding tert-OH is 1. The highest BCUT2D eigenvalue weighted by Gasteiger charge is 2.13. The minimum Gasteiger partial charge on any atom is -0.465 e. The Kier molecular flexibility index (Phi) is 6.16. The zero-order valence-corrected chi connectivity index (χ0v) is 14.0. The molecule has 0 amide bonds. The Labute approximate surface area is 139 Å². The van der Waals surface area contributed by atoms with Crippen LogP contribution < -0.4 is 0 Å². The molecule has 1 atom stereocenters. The highest BCUT2D eigenvalue weighted by Crippen LogP contribution is 2.25. The summed E-state index contributed by atoms with van der Waals surface area (Å²) in [6.45, 7) is 0.127. The largest absolute Gasteiger partial charge is 0.465 e. The summed E-state index contributed by atoms with van der Waals surface area (Å²) in [7, 11) is 1.37. The molecule has 116 valence electrons. The summed E-state index contributed by atoms with van der Waals surface area (Å²) in [5.41, 5.74) is 2.79. The first-order valence-electron chi connectivity index (χ1n) is 7.18. The van der Waals surface area contributed by atoms with E-state index in [2.05, 4.69) is 15.9 Å². The third kappa shape index (κ3) is 4.18. The second kappa shape index (κ2) is 8.11. The van der Waals surface area contributed by atoms with Crippen LogP contribution in [0.3, 0.4) is 0 Å². The fourth-order valence-corrected chi connectivity index (χ4v) is 2.99. The maximum Gasteiger partial charge on any atom is 0.337 e. The van der Waals surface area contributed by atoms with Crippen molar-refractivity contribution in [2.75, 3.05) is 13.7 Å². The molecule has 4 heteroatoms. The van der Waals surface area contributed by atoms with Crippen LogP contribution in [0.1, 0.15) is 33.8 Å². The van der Waals surface area contributed by atoms with Crippen LogP contribution in [0.15, 0.2) is 53.0 Å². The van der Waals surface area contributed by atoms with Gasteiger partial charge < -0.3 is 9.84 Å². The second-order valence-electron chi connectivity index (χ2n) is 5.13. The number of rotatable bonds is 6. The summed E-state index contributed by atoms with van der Waals surface area (Å²) in [5.74, 6) is -0.224. The Morgan fingerprint density at radius 2 is 1.95 bits per heavy atom. The molecule has 1 N–H and O–H groups in total. The molecule has 0 fully saturated rings. The van der Waals surface area contributed by atoms with Crippen LogP contribution in [-0.4, -0.2) is 24.8 Å². The molecule has 0 heterocycles. The van der Waals surface area contributed by atoms with Crippen LogP contribution in [0.2, 0.25) is 0 Å². The van der Waals surface area contributed by atoms with Gasteiger partial charge in [-0.3, -0.25) is 0 Å². The summed E-state index contributed by atoms with van der Waals surface area (Å²) in [6.07, 6.45) is 1.67. The van der Waals surface area contributed by atoms with Gasteiger partial charge in [-0.15, -0.1) is 0 Å². The van der Waals surface area contributed by atoms with Gasteiger partial charge in [0.05, 0.1) is 12.7 Å². The van der Waals surface area contributed by atoms with Crippen LogP contribution in [0.5, 0.6) is 0 Å². The number of carbonyl (C=O) groups excluding carboxylic acids is 1. The zero-order valence-electron chi connectivity index (χ0n) is 12.5. The molecule has 0 radical (unpaired) electrons. The fraction of sp³-hybridized carbons (Fsp3) is 0.278. The molecule has 0 saturated heterocycles. The smallest absolute Gasteiger partial charge is 0.337 e. The number of aliphatic hydroxyl groups is 1. The van der Waals surface area contributed by atoms with Crippen LogP contribution >= 0.6 is 15.9 Å². The standard InChI is InChI=1S/C18H19BrO3/c1-22-18(21)15-9-7-14(17(19)11-15)8-10-16(12-20)13-5-3-2-4-6-13/h2-7,9,11,16,20H,8,10,12H2,1H3/t16-/m1/s1. The Balaban J connectivity index is 2.06. The van der Waals surface area contributed by atoms with E-state index in [1.807, 2.05) is 36.4 Å². The second-order valence-corrected chi connectivity index (χ2v) is 5.98. The average Bonchev–Trinajstić information content (AvgIpc) is 2.56. The Bertz CT molecular complexity index is 625. The molecule has 0 aliphatic heterocycles. The number of methoxy groups -OCH3 is 1. The van der Waals surface area contributed by atoms with Crippen LogP contribution in [-0.2, 0) is 11.2 Å². The molecule has 22 heavy (non-hydrogen) atoms. The minimum absolute atomic E-state index is 0.119. The van der Waals surface area contributed by atoms with Gasteiger partial charge in [-0.2, -0.15) is 0 Å². The molecule has 2 rings (SSSR count). The lowest BCUT2D eigenvalue weighted by atomic mass is 9.93. The van der Waals surface area contributed by atoms with E-state index in [9.17, 15) is 9.90 Å². The van der Waals surface area contributed by atoms with E-state index >= 15 is 0 Å². The third-order valence-corrected chi connectivity index (χ3v) is 4.47. The van der Waals surface area contributed by atoms with Crippen molar-refractivity contribution in [3.63, 3.8) is 0 Å². The van der Waals surface area contributed by atoms with Crippen molar-refractivity contribution >= 4 is 21.9 Å². The molecule has 0 spiro atoms. The molecule has 0 aromatic heterocycles. The van der Waals surface area contributed by atoms with Crippen molar-refractivity contribution in [1.82, 2.24) is 0 Å². The number of hydrogen-bond donors (Lipinski definition) is 1. The van der Waals surface area contributed by atoms with E-state index in [1.165, 1.54) is 7.11 Å². The van der Waals surface area contributed by atoms with Crippen molar-refractivity contribution in [3.8, 4) is 0 Å². The molecule has 0 bridgehead atoms. The fourth-order valence-electron chi connectivity index (χ4n) is 2.41. The lowest BCUT2D eigenvalue weighted by Gasteiger charge is -2.15. The van der Waals surface area contributed by atoms with Gasteiger partial charge in [0.25, 0.3) is 0 Å². The Morgan fingerprint density at radius 1 is 1.23 bits per heavy atom. The summed E-state index contributed by atoms with van der Waals surface area (Å²) in [5, 5.41) is 9.60. The maximum atomic E-state index is 11.5. The first kappa shape index (κ1) is 16.7. The van der Waals surface area contributed by atoms with Crippen molar-refractivity contribution in [2.45, 2.75) is 18.8 Å². The number of ether oxygens (including phenoxy) is 1. The number of hydrogen-bond acceptors (Lipinski definition) is 3. The number of esters is 1. The number of benzene rings is 2. The first-order valence-corrected chi connectivity index (χ1v) is 7.97. The molecular formula is C18H19BrO3. The van der Waals surface area contributed by atoms with E-state index in [0.29, 0.717) is 5.56 Å². The number of aryl methyl sites for hydroxylation is 1. The predicted octanol–water partition coefficient (Wildman–Crippen LogP) is 3.94. The molecule has 0 aliphatic rings. The van der Waals surface area contributed by atoms with Gasteiger partial charge in [-0.1, -0.05) is 52.3 Å². The van der Waals surface area contributed by atoms with Crippen molar-refractivity contribution in [3.05, 3.63) is 69.7 Å². The summed E-state index contributed by atoms with van der Waals surface area (Å²) in [6, 6.07) is 15.5. The minimum atomic E-state index is -0.343. The van der Waals surface area contributed by atoms with Gasteiger partial charge in [-0.25, -0.2) is 4.79 Å². The maximum absolute atomic E-state index is 11.5. The number of halogens is 1. The van der Waals surface area contributed by atoms with Gasteiger partial charge >= 0.3 is 5.97 Å². The normalized spacial score (nSPS) is 12.0. The lowest BCUT2D eigenvalue weighted by Crippen LogP contribution is -2.06. The zero-order chi connectivity index (χ0) is 15.9.